The summed E-state index contributed by atoms with van der Waals surface area (Å²) in [5.41, 5.74) is 3.95. The summed E-state index contributed by atoms with van der Waals surface area (Å²) >= 11 is 7.25. The predicted molar refractivity (Wildman–Crippen MR) is 123 cm³/mol. The van der Waals surface area contributed by atoms with Crippen LogP contribution in [0.5, 0.6) is 0 Å². The van der Waals surface area contributed by atoms with E-state index in [9.17, 15) is 14.0 Å². The van der Waals surface area contributed by atoms with Gasteiger partial charge in [-0.25, -0.2) is 13.9 Å². The van der Waals surface area contributed by atoms with Gasteiger partial charge >= 0.3 is 5.97 Å². The first-order valence-electron chi connectivity index (χ1n) is 9.72. The van der Waals surface area contributed by atoms with Gasteiger partial charge in [-0.3, -0.25) is 4.79 Å². The van der Waals surface area contributed by atoms with Crippen LogP contribution < -0.4 is 5.32 Å². The van der Waals surface area contributed by atoms with Gasteiger partial charge in [-0.1, -0.05) is 29.3 Å². The van der Waals surface area contributed by atoms with Crippen LogP contribution in [0.1, 0.15) is 26.6 Å². The Morgan fingerprint density at radius 1 is 1.16 bits per heavy atom. The van der Waals surface area contributed by atoms with Gasteiger partial charge in [0.1, 0.15) is 10.7 Å². The summed E-state index contributed by atoms with van der Waals surface area (Å²) in [6.45, 7) is 5.14. The Morgan fingerprint density at radius 3 is 2.59 bits per heavy atom. The summed E-state index contributed by atoms with van der Waals surface area (Å²) < 4.78 is 20.8. The van der Waals surface area contributed by atoms with E-state index in [1.807, 2.05) is 38.1 Å². The molecule has 1 N–H and O–H groups in total. The maximum Gasteiger partial charge on any atom is 0.350 e. The first kappa shape index (κ1) is 22.0. The molecule has 0 fully saturated rings. The smallest absolute Gasteiger partial charge is 0.350 e. The van der Waals surface area contributed by atoms with E-state index in [2.05, 4.69) is 10.4 Å². The topological polar surface area (TPSA) is 73.2 Å². The number of benzene rings is 2. The molecular formula is C23H19ClFN3O3S. The van der Waals surface area contributed by atoms with E-state index < -0.39 is 24.3 Å². The van der Waals surface area contributed by atoms with Crippen LogP contribution in [0.25, 0.3) is 15.8 Å². The van der Waals surface area contributed by atoms with Crippen LogP contribution in [0.4, 0.5) is 10.1 Å². The van der Waals surface area contributed by atoms with E-state index in [0.717, 1.165) is 28.3 Å². The molecule has 0 bridgehead atoms. The Balaban J connectivity index is 1.45. The fourth-order valence-corrected chi connectivity index (χ4v) is 4.73. The Bertz CT molecular complexity index is 1350. The number of hydrogen-bond acceptors (Lipinski definition) is 5. The zero-order valence-electron chi connectivity index (χ0n) is 17.5. The molecule has 164 valence electrons. The first-order valence-corrected chi connectivity index (χ1v) is 10.9. The lowest BCUT2D eigenvalue weighted by Gasteiger charge is -2.08. The second kappa shape index (κ2) is 8.72. The standard InChI is InChI=1S/C23H19ClFN3O3S/c1-12-4-7-16(8-5-12)28-14(3)21(13(2)27-28)26-19(29)11-31-23(30)22-20(24)17-9-6-15(25)10-18(17)32-22/h4-10H,11H2,1-3H3,(H,26,29). The minimum absolute atomic E-state index is 0.125. The number of rotatable bonds is 5. The van der Waals surface area contributed by atoms with E-state index in [0.29, 0.717) is 21.5 Å². The summed E-state index contributed by atoms with van der Waals surface area (Å²) in [6, 6.07) is 11.9. The largest absolute Gasteiger partial charge is 0.451 e. The number of aromatic nitrogens is 2. The molecule has 0 aliphatic heterocycles. The number of carbonyl (C=O) groups is 2. The Morgan fingerprint density at radius 2 is 1.88 bits per heavy atom. The quantitative estimate of drug-likeness (QED) is 0.384. The van der Waals surface area contributed by atoms with Gasteiger partial charge in [-0.15, -0.1) is 11.3 Å². The highest BCUT2D eigenvalue weighted by Crippen LogP contribution is 2.36. The van der Waals surface area contributed by atoms with Crippen molar-refractivity contribution in [2.24, 2.45) is 0 Å². The normalized spacial score (nSPS) is 11.0. The summed E-state index contributed by atoms with van der Waals surface area (Å²) in [5, 5.41) is 7.99. The van der Waals surface area contributed by atoms with Crippen molar-refractivity contribution >= 4 is 50.6 Å². The van der Waals surface area contributed by atoms with Gasteiger partial charge in [-0.05, 0) is 51.1 Å². The molecule has 2 aromatic heterocycles. The highest BCUT2D eigenvalue weighted by Gasteiger charge is 2.21. The molecule has 2 heterocycles. The number of aryl methyl sites for hydroxylation is 2. The number of amides is 1. The number of fused-ring (bicyclic) bond motifs is 1. The van der Waals surface area contributed by atoms with Crippen LogP contribution in [0, 0.1) is 26.6 Å². The molecule has 32 heavy (non-hydrogen) atoms. The minimum atomic E-state index is -0.740. The Hall–Kier alpha value is -3.23. The van der Waals surface area contributed by atoms with Crippen molar-refractivity contribution in [1.82, 2.24) is 9.78 Å². The van der Waals surface area contributed by atoms with Crippen molar-refractivity contribution in [3.05, 3.63) is 75.1 Å². The molecule has 0 spiro atoms. The number of carbonyl (C=O) groups excluding carboxylic acids is 2. The lowest BCUT2D eigenvalue weighted by molar-refractivity contribution is -0.119. The predicted octanol–water partition coefficient (Wildman–Crippen LogP) is 5.60. The molecule has 6 nitrogen and oxygen atoms in total. The van der Waals surface area contributed by atoms with E-state index in [1.54, 1.807) is 11.6 Å². The van der Waals surface area contributed by atoms with Crippen LogP contribution in [0.3, 0.4) is 0 Å². The number of nitrogens with one attached hydrogen (secondary N) is 1. The van der Waals surface area contributed by atoms with Crippen LogP contribution >= 0.6 is 22.9 Å². The SMILES string of the molecule is Cc1ccc(-n2nc(C)c(NC(=O)COC(=O)c3sc4cc(F)ccc4c3Cl)c2C)cc1. The molecule has 0 aliphatic carbocycles. The first-order chi connectivity index (χ1) is 15.2. The van der Waals surface area contributed by atoms with Crippen molar-refractivity contribution < 1.29 is 18.7 Å². The van der Waals surface area contributed by atoms with Gasteiger partial charge in [0.15, 0.2) is 6.61 Å². The molecule has 0 saturated carbocycles. The average molecular weight is 472 g/mol. The second-order valence-electron chi connectivity index (χ2n) is 7.30. The lowest BCUT2D eigenvalue weighted by Crippen LogP contribution is -2.21. The van der Waals surface area contributed by atoms with Crippen molar-refractivity contribution in [3.8, 4) is 5.69 Å². The van der Waals surface area contributed by atoms with Crippen LogP contribution in [-0.4, -0.2) is 28.3 Å². The second-order valence-corrected chi connectivity index (χ2v) is 8.73. The summed E-state index contributed by atoms with van der Waals surface area (Å²) in [4.78, 5) is 25.0. The summed E-state index contributed by atoms with van der Waals surface area (Å²) in [7, 11) is 0. The fraction of sp³-hybridized carbons (Fsp3) is 0.174. The summed E-state index contributed by atoms with van der Waals surface area (Å²) in [5.74, 6) is -1.67. The lowest BCUT2D eigenvalue weighted by atomic mass is 10.2. The number of halogens is 2. The van der Waals surface area contributed by atoms with Crippen molar-refractivity contribution in [2.75, 3.05) is 11.9 Å². The summed E-state index contributed by atoms with van der Waals surface area (Å²) in [6.07, 6.45) is 0. The molecule has 1 amide bonds. The monoisotopic (exact) mass is 471 g/mol. The molecule has 4 rings (SSSR count). The molecule has 0 unspecified atom stereocenters. The van der Waals surface area contributed by atoms with Gasteiger partial charge in [0.2, 0.25) is 0 Å². The molecule has 0 radical (unpaired) electrons. The number of hydrogen-bond donors (Lipinski definition) is 1. The number of thiophene rings is 1. The van der Waals surface area contributed by atoms with E-state index in [4.69, 9.17) is 16.3 Å². The van der Waals surface area contributed by atoms with Gasteiger partial charge in [0.25, 0.3) is 5.91 Å². The molecule has 2 aromatic carbocycles. The molecule has 0 atom stereocenters. The number of ether oxygens (including phenoxy) is 1. The van der Waals surface area contributed by atoms with E-state index in [1.165, 1.54) is 18.2 Å². The van der Waals surface area contributed by atoms with Gasteiger partial charge in [-0.2, -0.15) is 5.10 Å². The maximum atomic E-state index is 13.4. The third-order valence-electron chi connectivity index (χ3n) is 4.95. The molecule has 0 saturated heterocycles. The Labute approximate surface area is 192 Å². The fourth-order valence-electron chi connectivity index (χ4n) is 3.30. The van der Waals surface area contributed by atoms with Crippen molar-refractivity contribution in [1.29, 1.82) is 0 Å². The molecule has 9 heteroatoms. The average Bonchev–Trinajstić information content (AvgIpc) is 3.23. The number of anilines is 1. The zero-order chi connectivity index (χ0) is 23.0. The van der Waals surface area contributed by atoms with Crippen LogP contribution in [0.2, 0.25) is 5.02 Å². The van der Waals surface area contributed by atoms with Crippen molar-refractivity contribution in [2.45, 2.75) is 20.8 Å². The zero-order valence-corrected chi connectivity index (χ0v) is 19.1. The van der Waals surface area contributed by atoms with Crippen LogP contribution in [-0.2, 0) is 9.53 Å². The van der Waals surface area contributed by atoms with Gasteiger partial charge in [0, 0.05) is 10.1 Å². The third kappa shape index (κ3) is 4.24. The molecular weight excluding hydrogens is 453 g/mol. The number of nitrogens with zero attached hydrogens (tertiary/aromatic N) is 2. The highest BCUT2D eigenvalue weighted by atomic mass is 35.5. The van der Waals surface area contributed by atoms with Crippen LogP contribution in [0.15, 0.2) is 42.5 Å². The maximum absolute atomic E-state index is 13.4. The minimum Gasteiger partial charge on any atom is -0.451 e. The van der Waals surface area contributed by atoms with Gasteiger partial charge in [0.05, 0.1) is 27.8 Å². The number of esters is 1. The van der Waals surface area contributed by atoms with Gasteiger partial charge < -0.3 is 10.1 Å². The molecule has 0 aliphatic rings. The van der Waals surface area contributed by atoms with E-state index in [-0.39, 0.29) is 9.90 Å². The highest BCUT2D eigenvalue weighted by molar-refractivity contribution is 7.21. The Kier molecular flexibility index (Phi) is 5.99. The molecule has 4 aromatic rings. The van der Waals surface area contributed by atoms with E-state index >= 15 is 0 Å². The third-order valence-corrected chi connectivity index (χ3v) is 6.58. The van der Waals surface area contributed by atoms with Crippen molar-refractivity contribution in [3.63, 3.8) is 0 Å².